The monoisotopic (exact) mass is 200 g/mol. The minimum atomic E-state index is -0.528. The average molecular weight is 200 g/mol. The smallest absolute Gasteiger partial charge is 0.262 e. The highest BCUT2D eigenvalue weighted by molar-refractivity contribution is 7.18. The van der Waals surface area contributed by atoms with Gasteiger partial charge in [0.25, 0.3) is 5.91 Å². The molecule has 0 fully saturated rings. The Bertz CT molecular complexity index is 309. The van der Waals surface area contributed by atoms with Crippen molar-refractivity contribution < 1.29 is 4.79 Å². The van der Waals surface area contributed by atoms with Gasteiger partial charge in [0, 0.05) is 6.54 Å². The van der Waals surface area contributed by atoms with Gasteiger partial charge in [-0.1, -0.05) is 18.3 Å². The Hall–Kier alpha value is -1.30. The molecule has 0 radical (unpaired) electrons. The van der Waals surface area contributed by atoms with Crippen LogP contribution in [0.25, 0.3) is 0 Å². The molecule has 13 heavy (non-hydrogen) atoms. The summed E-state index contributed by atoms with van der Waals surface area (Å²) in [5.41, 5.74) is 10.6. The molecule has 1 amide bonds. The molecule has 0 bridgehead atoms. The van der Waals surface area contributed by atoms with Crippen LogP contribution in [0.4, 0.5) is 10.9 Å². The van der Waals surface area contributed by atoms with Gasteiger partial charge in [0.05, 0.1) is 0 Å². The zero-order valence-corrected chi connectivity index (χ0v) is 8.15. The summed E-state index contributed by atoms with van der Waals surface area (Å²) in [6, 6.07) is 0. The van der Waals surface area contributed by atoms with Gasteiger partial charge >= 0.3 is 0 Å². The SMILES string of the molecule is CCCNc1nc(N)c(C(N)=O)s1. The van der Waals surface area contributed by atoms with Crippen LogP contribution in [0.15, 0.2) is 0 Å². The number of amides is 1. The highest BCUT2D eigenvalue weighted by Crippen LogP contribution is 2.23. The van der Waals surface area contributed by atoms with Crippen molar-refractivity contribution in [2.45, 2.75) is 13.3 Å². The number of nitrogens with zero attached hydrogens (tertiary/aromatic N) is 1. The molecule has 0 atom stereocenters. The lowest BCUT2D eigenvalue weighted by molar-refractivity contribution is 0.100. The molecule has 0 spiro atoms. The molecular weight excluding hydrogens is 188 g/mol. The van der Waals surface area contributed by atoms with Gasteiger partial charge in [0.1, 0.15) is 10.7 Å². The average Bonchev–Trinajstić information content (AvgIpc) is 2.43. The largest absolute Gasteiger partial charge is 0.382 e. The molecule has 1 aromatic heterocycles. The Labute approximate surface area is 80.1 Å². The summed E-state index contributed by atoms with van der Waals surface area (Å²) >= 11 is 1.19. The first-order valence-electron chi connectivity index (χ1n) is 3.95. The summed E-state index contributed by atoms with van der Waals surface area (Å²) < 4.78 is 0. The second-order valence-corrected chi connectivity index (χ2v) is 3.52. The van der Waals surface area contributed by atoms with Crippen molar-refractivity contribution in [3.05, 3.63) is 4.88 Å². The van der Waals surface area contributed by atoms with E-state index in [0.717, 1.165) is 13.0 Å². The second-order valence-electron chi connectivity index (χ2n) is 2.52. The van der Waals surface area contributed by atoms with Gasteiger partial charge < -0.3 is 16.8 Å². The van der Waals surface area contributed by atoms with E-state index in [0.29, 0.717) is 10.0 Å². The third-order valence-electron chi connectivity index (χ3n) is 1.40. The number of hydrogen-bond acceptors (Lipinski definition) is 5. The van der Waals surface area contributed by atoms with Gasteiger partial charge in [-0.2, -0.15) is 0 Å². The summed E-state index contributed by atoms with van der Waals surface area (Å²) in [6.45, 7) is 2.85. The second kappa shape index (κ2) is 4.08. The van der Waals surface area contributed by atoms with Crippen molar-refractivity contribution in [1.82, 2.24) is 4.98 Å². The summed E-state index contributed by atoms with van der Waals surface area (Å²) in [7, 11) is 0. The Balaban J connectivity index is 2.76. The molecule has 0 aliphatic rings. The molecule has 5 N–H and O–H groups in total. The van der Waals surface area contributed by atoms with Crippen LogP contribution in [0.2, 0.25) is 0 Å². The zero-order valence-electron chi connectivity index (χ0n) is 7.33. The molecular formula is C7H12N4OS. The fourth-order valence-corrected chi connectivity index (χ4v) is 1.58. The lowest BCUT2D eigenvalue weighted by Crippen LogP contribution is -2.10. The molecule has 1 aromatic rings. The number of nitrogen functional groups attached to an aromatic ring is 1. The molecule has 72 valence electrons. The Morgan fingerprint density at radius 3 is 2.85 bits per heavy atom. The molecule has 1 heterocycles. The minimum absolute atomic E-state index is 0.205. The number of aromatic nitrogens is 1. The topological polar surface area (TPSA) is 94.0 Å². The van der Waals surface area contributed by atoms with Crippen molar-refractivity contribution in [3.63, 3.8) is 0 Å². The van der Waals surface area contributed by atoms with E-state index < -0.39 is 5.91 Å². The van der Waals surface area contributed by atoms with Crippen LogP contribution >= 0.6 is 11.3 Å². The quantitative estimate of drug-likeness (QED) is 0.665. The van der Waals surface area contributed by atoms with Crippen LogP contribution in [0, 0.1) is 0 Å². The molecule has 0 aromatic carbocycles. The Morgan fingerprint density at radius 2 is 2.38 bits per heavy atom. The van der Waals surface area contributed by atoms with Crippen molar-refractivity contribution in [3.8, 4) is 0 Å². The van der Waals surface area contributed by atoms with Crippen LogP contribution in [0.1, 0.15) is 23.0 Å². The van der Waals surface area contributed by atoms with Gasteiger partial charge in [-0.05, 0) is 6.42 Å². The molecule has 0 aliphatic carbocycles. The fourth-order valence-electron chi connectivity index (χ4n) is 0.816. The van der Waals surface area contributed by atoms with Crippen LogP contribution < -0.4 is 16.8 Å². The summed E-state index contributed by atoms with van der Waals surface area (Å²) in [5.74, 6) is -0.323. The van der Waals surface area contributed by atoms with E-state index in [4.69, 9.17) is 11.5 Å². The number of carbonyl (C=O) groups is 1. The number of nitrogens with two attached hydrogens (primary N) is 2. The maximum atomic E-state index is 10.8. The third kappa shape index (κ3) is 2.32. The van der Waals surface area contributed by atoms with E-state index in [1.165, 1.54) is 11.3 Å². The van der Waals surface area contributed by atoms with E-state index in [1.54, 1.807) is 0 Å². The lowest BCUT2D eigenvalue weighted by Gasteiger charge is -1.95. The first-order valence-corrected chi connectivity index (χ1v) is 4.76. The number of carbonyl (C=O) groups excluding carboxylic acids is 1. The normalized spacial score (nSPS) is 9.92. The number of hydrogen-bond donors (Lipinski definition) is 3. The molecule has 5 nitrogen and oxygen atoms in total. The van der Waals surface area contributed by atoms with Crippen molar-refractivity contribution in [1.29, 1.82) is 0 Å². The first-order chi connectivity index (χ1) is 6.15. The van der Waals surface area contributed by atoms with Gasteiger partial charge in [-0.25, -0.2) is 4.98 Å². The van der Waals surface area contributed by atoms with E-state index >= 15 is 0 Å². The first kappa shape index (κ1) is 9.79. The molecule has 0 unspecified atom stereocenters. The van der Waals surface area contributed by atoms with E-state index in [2.05, 4.69) is 10.3 Å². The Morgan fingerprint density at radius 1 is 1.69 bits per heavy atom. The number of anilines is 2. The van der Waals surface area contributed by atoms with Crippen LogP contribution in [0.5, 0.6) is 0 Å². The predicted octanol–water partition coefficient (Wildman–Crippen LogP) is 0.646. The molecule has 0 saturated carbocycles. The standard InChI is InChI=1S/C7H12N4OS/c1-2-3-10-7-11-5(8)4(13-7)6(9)12/h2-3,8H2,1H3,(H2,9,12)(H,10,11). The molecule has 0 saturated heterocycles. The minimum Gasteiger partial charge on any atom is -0.382 e. The van der Waals surface area contributed by atoms with Crippen LogP contribution in [-0.4, -0.2) is 17.4 Å². The highest BCUT2D eigenvalue weighted by Gasteiger charge is 2.12. The van der Waals surface area contributed by atoms with E-state index in [-0.39, 0.29) is 5.82 Å². The van der Waals surface area contributed by atoms with Crippen LogP contribution in [-0.2, 0) is 0 Å². The van der Waals surface area contributed by atoms with E-state index in [1.807, 2.05) is 6.92 Å². The molecule has 1 rings (SSSR count). The summed E-state index contributed by atoms with van der Waals surface area (Å²) in [6.07, 6.45) is 0.991. The maximum Gasteiger partial charge on any atom is 0.262 e. The van der Waals surface area contributed by atoms with Crippen molar-refractivity contribution >= 4 is 28.2 Å². The number of primary amides is 1. The van der Waals surface area contributed by atoms with Crippen LogP contribution in [0.3, 0.4) is 0 Å². The van der Waals surface area contributed by atoms with E-state index in [9.17, 15) is 4.79 Å². The predicted molar refractivity (Wildman–Crippen MR) is 53.8 cm³/mol. The lowest BCUT2D eigenvalue weighted by atomic mass is 10.5. The fraction of sp³-hybridized carbons (Fsp3) is 0.429. The van der Waals surface area contributed by atoms with Gasteiger partial charge in [0.15, 0.2) is 5.13 Å². The van der Waals surface area contributed by atoms with Gasteiger partial charge in [0.2, 0.25) is 0 Å². The highest BCUT2D eigenvalue weighted by atomic mass is 32.1. The molecule has 6 heteroatoms. The summed E-state index contributed by atoms with van der Waals surface area (Å²) in [4.78, 5) is 15.1. The van der Waals surface area contributed by atoms with Crippen molar-refractivity contribution in [2.24, 2.45) is 5.73 Å². The van der Waals surface area contributed by atoms with Gasteiger partial charge in [-0.3, -0.25) is 4.79 Å². The summed E-state index contributed by atoms with van der Waals surface area (Å²) in [5, 5.41) is 3.68. The Kier molecular flexibility index (Phi) is 3.07. The van der Waals surface area contributed by atoms with Gasteiger partial charge in [-0.15, -0.1) is 0 Å². The zero-order chi connectivity index (χ0) is 9.84. The number of rotatable bonds is 4. The third-order valence-corrected chi connectivity index (χ3v) is 2.45. The number of thiazole rings is 1. The number of nitrogens with one attached hydrogen (secondary N) is 1. The van der Waals surface area contributed by atoms with Crippen molar-refractivity contribution in [2.75, 3.05) is 17.6 Å². The maximum absolute atomic E-state index is 10.8. The molecule has 0 aliphatic heterocycles.